The van der Waals surface area contributed by atoms with E-state index in [1.54, 1.807) is 11.1 Å². The molecule has 0 N–H and O–H groups in total. The Morgan fingerprint density at radius 1 is 1.53 bits per heavy atom. The second-order valence-electron chi connectivity index (χ2n) is 3.93. The molecule has 88 valence electrons. The Kier molecular flexibility index (Phi) is 2.36. The molecule has 0 radical (unpaired) electrons. The van der Waals surface area contributed by atoms with Crippen LogP contribution in [0.4, 0.5) is 0 Å². The summed E-state index contributed by atoms with van der Waals surface area (Å²) in [6, 6.07) is 0. The van der Waals surface area contributed by atoms with E-state index in [9.17, 15) is 4.79 Å². The third-order valence-electron chi connectivity index (χ3n) is 2.82. The summed E-state index contributed by atoms with van der Waals surface area (Å²) in [6.07, 6.45) is 5.34. The first-order valence-corrected chi connectivity index (χ1v) is 5.35. The maximum absolute atomic E-state index is 12.0. The molecule has 7 nitrogen and oxygen atoms in total. The van der Waals surface area contributed by atoms with Gasteiger partial charge in [-0.1, -0.05) is 5.16 Å². The van der Waals surface area contributed by atoms with Gasteiger partial charge in [0.2, 0.25) is 5.91 Å². The van der Waals surface area contributed by atoms with Crippen molar-refractivity contribution < 1.29 is 9.32 Å². The number of hydrogen-bond acceptors (Lipinski definition) is 5. The van der Waals surface area contributed by atoms with Crippen LogP contribution in [0.5, 0.6) is 0 Å². The molecule has 3 heterocycles. The standard InChI is InChI=1S/C10H11N5O2/c16-10(5-15-7-11-6-12-15)14-2-1-9-8(4-14)3-13-17-9/h3,6-7H,1-2,4-5H2. The van der Waals surface area contributed by atoms with Crippen LogP contribution in [0.3, 0.4) is 0 Å². The summed E-state index contributed by atoms with van der Waals surface area (Å²) in [5, 5.41) is 7.65. The minimum atomic E-state index is 0.0300. The number of hydrogen-bond donors (Lipinski definition) is 0. The Morgan fingerprint density at radius 2 is 2.47 bits per heavy atom. The number of fused-ring (bicyclic) bond motifs is 1. The Labute approximate surface area is 97.0 Å². The van der Waals surface area contributed by atoms with Crippen molar-refractivity contribution in [3.63, 3.8) is 0 Å². The molecule has 7 heteroatoms. The molecule has 0 aromatic carbocycles. The van der Waals surface area contributed by atoms with Gasteiger partial charge in [-0.3, -0.25) is 4.79 Å². The Bertz CT molecular complexity index is 519. The number of carbonyl (C=O) groups excluding carboxylic acids is 1. The largest absolute Gasteiger partial charge is 0.361 e. The van der Waals surface area contributed by atoms with Crippen molar-refractivity contribution in [1.29, 1.82) is 0 Å². The lowest BCUT2D eigenvalue weighted by Gasteiger charge is -2.25. The lowest BCUT2D eigenvalue weighted by molar-refractivity contribution is -0.133. The first-order chi connectivity index (χ1) is 8.33. The molecule has 0 fully saturated rings. The van der Waals surface area contributed by atoms with E-state index in [0.29, 0.717) is 13.1 Å². The highest BCUT2D eigenvalue weighted by atomic mass is 16.5. The highest BCUT2D eigenvalue weighted by Crippen LogP contribution is 2.18. The lowest BCUT2D eigenvalue weighted by atomic mass is 10.1. The van der Waals surface area contributed by atoms with Gasteiger partial charge in [-0.15, -0.1) is 0 Å². The predicted molar refractivity (Wildman–Crippen MR) is 55.6 cm³/mol. The van der Waals surface area contributed by atoms with Crippen molar-refractivity contribution in [3.05, 3.63) is 30.2 Å². The zero-order chi connectivity index (χ0) is 11.7. The van der Waals surface area contributed by atoms with E-state index in [-0.39, 0.29) is 12.5 Å². The summed E-state index contributed by atoms with van der Waals surface area (Å²) in [4.78, 5) is 17.6. The zero-order valence-corrected chi connectivity index (χ0v) is 9.11. The van der Waals surface area contributed by atoms with Gasteiger partial charge in [-0.05, 0) is 0 Å². The van der Waals surface area contributed by atoms with Gasteiger partial charge >= 0.3 is 0 Å². The summed E-state index contributed by atoms with van der Waals surface area (Å²) < 4.78 is 6.59. The van der Waals surface area contributed by atoms with Crippen LogP contribution >= 0.6 is 0 Å². The molecule has 0 saturated heterocycles. The molecule has 0 aliphatic carbocycles. The fourth-order valence-corrected chi connectivity index (χ4v) is 1.91. The average Bonchev–Trinajstić information content (AvgIpc) is 2.97. The van der Waals surface area contributed by atoms with Crippen LogP contribution in [0.25, 0.3) is 0 Å². The van der Waals surface area contributed by atoms with Crippen LogP contribution in [-0.4, -0.2) is 37.3 Å². The molecule has 2 aromatic heterocycles. The Balaban J connectivity index is 1.68. The molecule has 0 unspecified atom stereocenters. The SMILES string of the molecule is O=C(Cn1cncn1)N1CCc2oncc2C1. The van der Waals surface area contributed by atoms with Gasteiger partial charge in [0.25, 0.3) is 0 Å². The minimum Gasteiger partial charge on any atom is -0.361 e. The third kappa shape index (κ3) is 1.91. The number of carbonyl (C=O) groups is 1. The number of aromatic nitrogens is 4. The molecule has 2 aromatic rings. The van der Waals surface area contributed by atoms with Gasteiger partial charge in [-0.25, -0.2) is 9.67 Å². The van der Waals surface area contributed by atoms with Crippen molar-refractivity contribution in [3.8, 4) is 0 Å². The van der Waals surface area contributed by atoms with Crippen LogP contribution in [0, 0.1) is 0 Å². The Morgan fingerprint density at radius 3 is 3.29 bits per heavy atom. The van der Waals surface area contributed by atoms with E-state index < -0.39 is 0 Å². The Hall–Kier alpha value is -2.18. The number of amides is 1. The maximum Gasteiger partial charge on any atom is 0.244 e. The van der Waals surface area contributed by atoms with Crippen molar-refractivity contribution in [2.75, 3.05) is 6.54 Å². The number of nitrogens with zero attached hydrogens (tertiary/aromatic N) is 5. The van der Waals surface area contributed by atoms with Crippen LogP contribution in [0.2, 0.25) is 0 Å². The minimum absolute atomic E-state index is 0.0300. The van der Waals surface area contributed by atoms with Gasteiger partial charge in [0.15, 0.2) is 0 Å². The van der Waals surface area contributed by atoms with Gasteiger partial charge in [0.05, 0.1) is 12.7 Å². The molecule has 0 atom stereocenters. The zero-order valence-electron chi connectivity index (χ0n) is 9.11. The smallest absolute Gasteiger partial charge is 0.244 e. The monoisotopic (exact) mass is 233 g/mol. The van der Waals surface area contributed by atoms with Crippen molar-refractivity contribution in [2.45, 2.75) is 19.5 Å². The van der Waals surface area contributed by atoms with Crippen molar-refractivity contribution in [1.82, 2.24) is 24.8 Å². The molecular weight excluding hydrogens is 222 g/mol. The fraction of sp³-hybridized carbons (Fsp3) is 0.400. The van der Waals surface area contributed by atoms with Gasteiger partial charge in [0.1, 0.15) is 25.0 Å². The molecule has 1 aliphatic rings. The third-order valence-corrected chi connectivity index (χ3v) is 2.82. The normalized spacial score (nSPS) is 14.7. The van der Waals surface area contributed by atoms with E-state index >= 15 is 0 Å². The summed E-state index contributed by atoms with van der Waals surface area (Å²) in [6.45, 7) is 1.45. The molecule has 0 spiro atoms. The topological polar surface area (TPSA) is 77.0 Å². The van der Waals surface area contributed by atoms with E-state index in [1.807, 2.05) is 0 Å². The molecule has 0 bridgehead atoms. The molecule has 17 heavy (non-hydrogen) atoms. The second kappa shape index (κ2) is 4.00. The van der Waals surface area contributed by atoms with Crippen LogP contribution in [0.15, 0.2) is 23.4 Å². The van der Waals surface area contributed by atoms with Crippen molar-refractivity contribution in [2.24, 2.45) is 0 Å². The van der Waals surface area contributed by atoms with E-state index in [0.717, 1.165) is 17.7 Å². The lowest BCUT2D eigenvalue weighted by Crippen LogP contribution is -2.37. The maximum atomic E-state index is 12.0. The quantitative estimate of drug-likeness (QED) is 0.721. The van der Waals surface area contributed by atoms with Crippen molar-refractivity contribution >= 4 is 5.91 Å². The highest BCUT2D eigenvalue weighted by Gasteiger charge is 2.23. The molecule has 1 amide bonds. The predicted octanol–water partition coefficient (Wildman–Crippen LogP) is -0.149. The average molecular weight is 233 g/mol. The van der Waals surface area contributed by atoms with Gasteiger partial charge in [0, 0.05) is 18.5 Å². The fourth-order valence-electron chi connectivity index (χ4n) is 1.91. The highest BCUT2D eigenvalue weighted by molar-refractivity contribution is 5.76. The molecule has 1 aliphatic heterocycles. The summed E-state index contributed by atoms with van der Waals surface area (Å²) in [7, 11) is 0. The van der Waals surface area contributed by atoms with E-state index in [1.165, 1.54) is 17.3 Å². The second-order valence-corrected chi connectivity index (χ2v) is 3.93. The first kappa shape index (κ1) is 10.0. The molecule has 3 rings (SSSR count). The summed E-state index contributed by atoms with van der Waals surface area (Å²) in [5.74, 6) is 0.914. The molecular formula is C10H11N5O2. The van der Waals surface area contributed by atoms with Crippen LogP contribution in [0.1, 0.15) is 11.3 Å². The number of rotatable bonds is 2. The van der Waals surface area contributed by atoms with Gasteiger partial charge < -0.3 is 9.42 Å². The van der Waals surface area contributed by atoms with Crippen LogP contribution < -0.4 is 0 Å². The van der Waals surface area contributed by atoms with E-state index in [4.69, 9.17) is 4.52 Å². The van der Waals surface area contributed by atoms with Crippen LogP contribution in [-0.2, 0) is 24.3 Å². The summed E-state index contributed by atoms with van der Waals surface area (Å²) >= 11 is 0. The first-order valence-electron chi connectivity index (χ1n) is 5.35. The van der Waals surface area contributed by atoms with Gasteiger partial charge in [-0.2, -0.15) is 5.10 Å². The summed E-state index contributed by atoms with van der Waals surface area (Å²) in [5.41, 5.74) is 0.989. The van der Waals surface area contributed by atoms with E-state index in [2.05, 4.69) is 15.2 Å². The molecule has 0 saturated carbocycles.